The molecule has 0 atom stereocenters. The Hall–Kier alpha value is -2.22. The highest BCUT2D eigenvalue weighted by Gasteiger charge is 2.20. The molecule has 166 valence electrons. The number of phenolic OH excluding ortho intramolecular Hbond substituents is 2. The van der Waals surface area contributed by atoms with Gasteiger partial charge in [0.2, 0.25) is 17.8 Å². The lowest BCUT2D eigenvalue weighted by molar-refractivity contribution is 0.121. The number of halogens is 2. The van der Waals surface area contributed by atoms with E-state index in [4.69, 9.17) is 9.47 Å². The van der Waals surface area contributed by atoms with Crippen LogP contribution < -0.4 is 15.2 Å². The Balaban J connectivity index is 1.58. The molecule has 0 amide bonds. The van der Waals surface area contributed by atoms with Gasteiger partial charge in [0.1, 0.15) is 16.0 Å². The van der Waals surface area contributed by atoms with Gasteiger partial charge in [-0.25, -0.2) is 5.43 Å². The number of rotatable bonds is 5. The zero-order valence-electron chi connectivity index (χ0n) is 16.5. The lowest BCUT2D eigenvalue weighted by Gasteiger charge is -2.30. The minimum Gasteiger partial charge on any atom is -0.506 e. The van der Waals surface area contributed by atoms with Crippen LogP contribution in [0.2, 0.25) is 0 Å². The molecule has 4 rings (SSSR count). The summed E-state index contributed by atoms with van der Waals surface area (Å²) in [5.74, 6) is 1.16. The first-order chi connectivity index (χ1) is 15.0. The summed E-state index contributed by atoms with van der Waals surface area (Å²) in [5, 5.41) is 24.2. The summed E-state index contributed by atoms with van der Waals surface area (Å²) in [7, 11) is 0. The van der Waals surface area contributed by atoms with Crippen LogP contribution in [0.4, 0.5) is 17.8 Å². The van der Waals surface area contributed by atoms with Crippen molar-refractivity contribution in [2.45, 2.75) is 0 Å². The van der Waals surface area contributed by atoms with E-state index in [0.29, 0.717) is 74.5 Å². The third kappa shape index (κ3) is 5.17. The number of nitrogens with one attached hydrogen (secondary N) is 1. The normalized spacial score (nSPS) is 17.4. The first-order valence-electron chi connectivity index (χ1n) is 9.63. The van der Waals surface area contributed by atoms with Crippen LogP contribution in [-0.4, -0.2) is 84.0 Å². The fraction of sp³-hybridized carbons (Fsp3) is 0.444. The molecule has 11 nitrogen and oxygen atoms in total. The molecule has 0 aliphatic carbocycles. The van der Waals surface area contributed by atoms with Gasteiger partial charge in [-0.3, -0.25) is 0 Å². The van der Waals surface area contributed by atoms with Crippen molar-refractivity contribution in [3.63, 3.8) is 0 Å². The Morgan fingerprint density at radius 1 is 0.903 bits per heavy atom. The number of hydrogen-bond acceptors (Lipinski definition) is 11. The van der Waals surface area contributed by atoms with Gasteiger partial charge in [0.15, 0.2) is 0 Å². The van der Waals surface area contributed by atoms with Gasteiger partial charge in [0, 0.05) is 31.7 Å². The molecule has 3 heterocycles. The SMILES string of the molecule is Oc1c(Br)cc(/C=N\Nc2nc(N3CCOCC3)nc(N3CCOCC3)n2)c(O)c1Br. The number of anilines is 3. The molecule has 2 fully saturated rings. The monoisotopic (exact) mass is 557 g/mol. The smallest absolute Gasteiger partial charge is 0.250 e. The van der Waals surface area contributed by atoms with Gasteiger partial charge in [0.05, 0.1) is 37.1 Å². The van der Waals surface area contributed by atoms with Gasteiger partial charge >= 0.3 is 0 Å². The second-order valence-corrected chi connectivity index (χ2v) is 8.43. The third-order valence-electron chi connectivity index (χ3n) is 4.77. The van der Waals surface area contributed by atoms with Gasteiger partial charge in [-0.1, -0.05) is 0 Å². The van der Waals surface area contributed by atoms with E-state index in [1.165, 1.54) is 6.21 Å². The van der Waals surface area contributed by atoms with E-state index < -0.39 is 0 Å². The van der Waals surface area contributed by atoms with Crippen LogP contribution >= 0.6 is 31.9 Å². The summed E-state index contributed by atoms with van der Waals surface area (Å²) < 4.78 is 11.4. The van der Waals surface area contributed by atoms with Crippen molar-refractivity contribution in [1.82, 2.24) is 15.0 Å². The molecule has 2 aromatic rings. The highest BCUT2D eigenvalue weighted by Crippen LogP contribution is 2.40. The average Bonchev–Trinajstić information content (AvgIpc) is 2.82. The largest absolute Gasteiger partial charge is 0.506 e. The van der Waals surface area contributed by atoms with E-state index in [0.717, 1.165) is 0 Å². The maximum Gasteiger partial charge on any atom is 0.250 e. The lowest BCUT2D eigenvalue weighted by atomic mass is 10.2. The summed E-state index contributed by atoms with van der Waals surface area (Å²) in [6, 6.07) is 1.55. The van der Waals surface area contributed by atoms with E-state index in [1.807, 2.05) is 9.80 Å². The Morgan fingerprint density at radius 2 is 1.45 bits per heavy atom. The maximum atomic E-state index is 10.2. The minimum absolute atomic E-state index is 0.0922. The van der Waals surface area contributed by atoms with E-state index in [9.17, 15) is 10.2 Å². The zero-order chi connectivity index (χ0) is 21.8. The second kappa shape index (κ2) is 9.94. The second-order valence-electron chi connectivity index (χ2n) is 6.79. The summed E-state index contributed by atoms with van der Waals surface area (Å²) in [4.78, 5) is 17.7. The van der Waals surface area contributed by atoms with Crippen LogP contribution in [-0.2, 0) is 9.47 Å². The van der Waals surface area contributed by atoms with Crippen LogP contribution in [0.5, 0.6) is 11.5 Å². The molecule has 31 heavy (non-hydrogen) atoms. The average molecular weight is 559 g/mol. The van der Waals surface area contributed by atoms with Gasteiger partial charge in [-0.05, 0) is 37.9 Å². The van der Waals surface area contributed by atoms with Crippen molar-refractivity contribution >= 4 is 55.9 Å². The van der Waals surface area contributed by atoms with E-state index >= 15 is 0 Å². The number of morpholine rings is 2. The first-order valence-corrected chi connectivity index (χ1v) is 11.2. The minimum atomic E-state index is -0.134. The summed E-state index contributed by atoms with van der Waals surface area (Å²) in [6.07, 6.45) is 1.41. The van der Waals surface area contributed by atoms with Gasteiger partial charge in [0.25, 0.3) is 0 Å². The zero-order valence-corrected chi connectivity index (χ0v) is 19.6. The van der Waals surface area contributed by atoms with Crippen molar-refractivity contribution in [3.8, 4) is 11.5 Å². The van der Waals surface area contributed by atoms with Crippen LogP contribution in [0.1, 0.15) is 5.56 Å². The standard InChI is InChI=1S/C18H21Br2N7O4/c19-12-9-11(14(28)13(20)15(12)29)10-21-25-16-22-17(26-1-5-30-6-2-26)24-18(23-16)27-3-7-31-8-4-27/h9-10,28-29H,1-8H2,(H,22,23,24,25)/b21-10-. The number of benzene rings is 1. The number of aromatic nitrogens is 3. The summed E-state index contributed by atoms with van der Waals surface area (Å²) in [5.41, 5.74) is 3.21. The Morgan fingerprint density at radius 3 is 2.00 bits per heavy atom. The predicted octanol–water partition coefficient (Wildman–Crippen LogP) is 1.93. The Labute approximate surface area is 195 Å². The van der Waals surface area contributed by atoms with Crippen molar-refractivity contribution in [3.05, 3.63) is 20.6 Å². The fourth-order valence-corrected chi connectivity index (χ4v) is 4.24. The molecule has 2 saturated heterocycles. The number of ether oxygens (including phenoxy) is 2. The van der Waals surface area contributed by atoms with Gasteiger partial charge in [-0.2, -0.15) is 20.1 Å². The topological polar surface area (TPSA) is 128 Å². The van der Waals surface area contributed by atoms with Crippen LogP contribution in [0.3, 0.4) is 0 Å². The molecule has 0 spiro atoms. The van der Waals surface area contributed by atoms with Crippen molar-refractivity contribution in [1.29, 1.82) is 0 Å². The molecule has 3 N–H and O–H groups in total. The molecule has 0 bridgehead atoms. The summed E-state index contributed by atoms with van der Waals surface area (Å²) in [6.45, 7) is 5.23. The first kappa shape index (κ1) is 22.0. The third-order valence-corrected chi connectivity index (χ3v) is 6.12. The number of nitrogens with zero attached hydrogens (tertiary/aromatic N) is 6. The lowest BCUT2D eigenvalue weighted by Crippen LogP contribution is -2.40. The molecule has 0 radical (unpaired) electrons. The highest BCUT2D eigenvalue weighted by atomic mass is 79.9. The Kier molecular flexibility index (Phi) is 7.05. The van der Waals surface area contributed by atoms with E-state index in [2.05, 4.69) is 57.3 Å². The molecule has 2 aliphatic heterocycles. The molecule has 0 saturated carbocycles. The van der Waals surface area contributed by atoms with Crippen molar-refractivity contribution in [2.75, 3.05) is 67.8 Å². The number of phenols is 2. The molecule has 13 heteroatoms. The van der Waals surface area contributed by atoms with E-state index in [1.54, 1.807) is 6.07 Å². The molecule has 1 aromatic heterocycles. The van der Waals surface area contributed by atoms with Crippen LogP contribution in [0.15, 0.2) is 20.1 Å². The van der Waals surface area contributed by atoms with Crippen LogP contribution in [0, 0.1) is 0 Å². The fourth-order valence-electron chi connectivity index (χ4n) is 3.09. The molecular weight excluding hydrogens is 538 g/mol. The summed E-state index contributed by atoms with van der Waals surface area (Å²) >= 11 is 6.39. The molecule has 0 unspecified atom stereocenters. The number of hydrazone groups is 1. The highest BCUT2D eigenvalue weighted by molar-refractivity contribution is 9.11. The van der Waals surface area contributed by atoms with Crippen molar-refractivity contribution in [2.24, 2.45) is 5.10 Å². The van der Waals surface area contributed by atoms with Crippen LogP contribution in [0.25, 0.3) is 0 Å². The quantitative estimate of drug-likeness (QED) is 0.370. The van der Waals surface area contributed by atoms with Gasteiger partial charge < -0.3 is 29.5 Å². The van der Waals surface area contributed by atoms with Gasteiger partial charge in [-0.15, -0.1) is 0 Å². The van der Waals surface area contributed by atoms with E-state index in [-0.39, 0.29) is 21.9 Å². The predicted molar refractivity (Wildman–Crippen MR) is 122 cm³/mol. The van der Waals surface area contributed by atoms with Crippen molar-refractivity contribution < 1.29 is 19.7 Å². The maximum absolute atomic E-state index is 10.2. The molecular formula is C18H21Br2N7O4. The Bertz CT molecular complexity index is 930. The number of aromatic hydroxyl groups is 2. The molecule has 1 aromatic carbocycles. The molecule has 2 aliphatic rings. The number of hydrogen-bond donors (Lipinski definition) is 3.